The second-order valence-electron chi connectivity index (χ2n) is 6.03. The van der Waals surface area contributed by atoms with E-state index in [0.29, 0.717) is 6.42 Å². The molecule has 0 unspecified atom stereocenters. The van der Waals surface area contributed by atoms with Crippen molar-refractivity contribution in [1.82, 2.24) is 10.2 Å². The predicted octanol–water partition coefficient (Wildman–Crippen LogP) is 3.10. The molecule has 2 aromatic rings. The predicted molar refractivity (Wildman–Crippen MR) is 91.4 cm³/mol. The van der Waals surface area contributed by atoms with Crippen LogP contribution in [0.1, 0.15) is 29.6 Å². The maximum atomic E-state index is 12.3. The first kappa shape index (κ1) is 15.2. The highest BCUT2D eigenvalue weighted by Gasteiger charge is 2.10. The number of piperazine rings is 1. The highest BCUT2D eigenvalue weighted by atomic mass is 16.1. The van der Waals surface area contributed by atoms with Gasteiger partial charge < -0.3 is 10.2 Å². The number of hydrogen-bond acceptors (Lipinski definition) is 3. The van der Waals surface area contributed by atoms with E-state index in [0.717, 1.165) is 56.5 Å². The Hall–Kier alpha value is -1.71. The van der Waals surface area contributed by atoms with Gasteiger partial charge in [-0.15, -0.1) is 0 Å². The van der Waals surface area contributed by atoms with Gasteiger partial charge in [0.1, 0.15) is 0 Å². The summed E-state index contributed by atoms with van der Waals surface area (Å²) in [4.78, 5) is 14.8. The normalized spacial score (nSPS) is 16.0. The molecular weight excluding hydrogens is 272 g/mol. The minimum atomic E-state index is 0.270. The third-order valence-corrected chi connectivity index (χ3v) is 4.41. The van der Waals surface area contributed by atoms with Crippen LogP contribution in [0.3, 0.4) is 0 Å². The lowest BCUT2D eigenvalue weighted by Gasteiger charge is -2.26. The molecule has 1 aliphatic heterocycles. The first-order chi connectivity index (χ1) is 10.8. The van der Waals surface area contributed by atoms with Crippen molar-refractivity contribution in [2.45, 2.75) is 19.3 Å². The molecule has 0 radical (unpaired) electrons. The average molecular weight is 296 g/mol. The number of unbranched alkanes of at least 4 members (excludes halogenated alkanes) is 1. The van der Waals surface area contributed by atoms with Crippen molar-refractivity contribution in [3.63, 3.8) is 0 Å². The minimum absolute atomic E-state index is 0.270. The lowest BCUT2D eigenvalue weighted by atomic mass is 10.0. The summed E-state index contributed by atoms with van der Waals surface area (Å²) in [5.74, 6) is 0.270. The average Bonchev–Trinajstić information content (AvgIpc) is 2.59. The molecule has 0 amide bonds. The Kier molecular flexibility index (Phi) is 5.20. The fourth-order valence-corrected chi connectivity index (χ4v) is 3.06. The van der Waals surface area contributed by atoms with Crippen molar-refractivity contribution < 1.29 is 4.79 Å². The zero-order valence-corrected chi connectivity index (χ0v) is 13.1. The van der Waals surface area contributed by atoms with Crippen LogP contribution in [0, 0.1) is 0 Å². The Morgan fingerprint density at radius 2 is 1.77 bits per heavy atom. The summed E-state index contributed by atoms with van der Waals surface area (Å²) >= 11 is 0. The maximum absolute atomic E-state index is 12.3. The van der Waals surface area contributed by atoms with E-state index in [4.69, 9.17) is 0 Å². The summed E-state index contributed by atoms with van der Waals surface area (Å²) in [6, 6.07) is 14.2. The first-order valence-corrected chi connectivity index (χ1v) is 8.28. The van der Waals surface area contributed by atoms with E-state index in [-0.39, 0.29) is 5.78 Å². The zero-order valence-electron chi connectivity index (χ0n) is 13.1. The third kappa shape index (κ3) is 3.93. The van der Waals surface area contributed by atoms with E-state index in [1.807, 2.05) is 30.3 Å². The van der Waals surface area contributed by atoms with Crippen molar-refractivity contribution in [1.29, 1.82) is 0 Å². The Morgan fingerprint density at radius 3 is 2.59 bits per heavy atom. The van der Waals surface area contributed by atoms with Crippen LogP contribution in [0.15, 0.2) is 42.5 Å². The molecular formula is C19H24N2O. The topological polar surface area (TPSA) is 32.3 Å². The van der Waals surface area contributed by atoms with E-state index in [2.05, 4.69) is 22.3 Å². The van der Waals surface area contributed by atoms with Crippen molar-refractivity contribution in [3.05, 3.63) is 48.0 Å². The first-order valence-electron chi connectivity index (χ1n) is 8.28. The number of ketones is 1. The van der Waals surface area contributed by atoms with Gasteiger partial charge in [0.05, 0.1) is 0 Å². The Balaban J connectivity index is 1.48. The third-order valence-electron chi connectivity index (χ3n) is 4.41. The van der Waals surface area contributed by atoms with Crippen LogP contribution in [0.25, 0.3) is 10.8 Å². The number of carbonyl (C=O) groups excluding carboxylic acids is 1. The molecule has 1 heterocycles. The van der Waals surface area contributed by atoms with E-state index >= 15 is 0 Å². The second kappa shape index (κ2) is 7.52. The number of nitrogens with zero attached hydrogens (tertiary/aromatic N) is 1. The van der Waals surface area contributed by atoms with E-state index in [1.54, 1.807) is 0 Å². The Bertz CT molecular complexity index is 632. The molecule has 22 heavy (non-hydrogen) atoms. The van der Waals surface area contributed by atoms with Crippen molar-refractivity contribution in [2.75, 3.05) is 32.7 Å². The quantitative estimate of drug-likeness (QED) is 0.657. The molecule has 0 bridgehead atoms. The number of fused-ring (bicyclic) bond motifs is 1. The molecule has 0 atom stereocenters. The summed E-state index contributed by atoms with van der Waals surface area (Å²) in [7, 11) is 0. The summed E-state index contributed by atoms with van der Waals surface area (Å²) < 4.78 is 0. The van der Waals surface area contributed by atoms with Gasteiger partial charge in [0, 0.05) is 38.2 Å². The van der Waals surface area contributed by atoms with Crippen LogP contribution < -0.4 is 5.32 Å². The molecule has 1 fully saturated rings. The van der Waals surface area contributed by atoms with Crippen LogP contribution in [0.2, 0.25) is 0 Å². The SMILES string of the molecule is O=C(CCCCN1CCNCC1)c1ccc2ccccc2c1. The number of benzene rings is 2. The van der Waals surface area contributed by atoms with Gasteiger partial charge in [-0.25, -0.2) is 0 Å². The summed E-state index contributed by atoms with van der Waals surface area (Å²) in [6.45, 7) is 5.58. The molecule has 0 saturated carbocycles. The Labute approximate surface area is 132 Å². The maximum Gasteiger partial charge on any atom is 0.162 e. The van der Waals surface area contributed by atoms with Gasteiger partial charge in [-0.3, -0.25) is 4.79 Å². The molecule has 2 aromatic carbocycles. The van der Waals surface area contributed by atoms with Gasteiger partial charge in [0.25, 0.3) is 0 Å². The monoisotopic (exact) mass is 296 g/mol. The molecule has 116 valence electrons. The van der Waals surface area contributed by atoms with Gasteiger partial charge in [-0.1, -0.05) is 36.4 Å². The zero-order chi connectivity index (χ0) is 15.2. The second-order valence-corrected chi connectivity index (χ2v) is 6.03. The van der Waals surface area contributed by atoms with Crippen LogP contribution in [0.5, 0.6) is 0 Å². The van der Waals surface area contributed by atoms with Gasteiger partial charge in [0.15, 0.2) is 5.78 Å². The van der Waals surface area contributed by atoms with E-state index in [9.17, 15) is 4.79 Å². The highest BCUT2D eigenvalue weighted by Crippen LogP contribution is 2.17. The molecule has 1 aliphatic rings. The lowest BCUT2D eigenvalue weighted by Crippen LogP contribution is -2.43. The van der Waals surface area contributed by atoms with Gasteiger partial charge in [-0.2, -0.15) is 0 Å². The van der Waals surface area contributed by atoms with Gasteiger partial charge >= 0.3 is 0 Å². The molecule has 0 aromatic heterocycles. The fourth-order valence-electron chi connectivity index (χ4n) is 3.06. The van der Waals surface area contributed by atoms with E-state index in [1.165, 1.54) is 5.39 Å². The fraction of sp³-hybridized carbons (Fsp3) is 0.421. The summed E-state index contributed by atoms with van der Waals surface area (Å²) in [6.07, 6.45) is 2.75. The molecule has 1 N–H and O–H groups in total. The number of rotatable bonds is 6. The molecule has 0 spiro atoms. The molecule has 3 nitrogen and oxygen atoms in total. The van der Waals surface area contributed by atoms with E-state index < -0.39 is 0 Å². The van der Waals surface area contributed by atoms with Crippen LogP contribution in [-0.4, -0.2) is 43.4 Å². The molecule has 3 rings (SSSR count). The smallest absolute Gasteiger partial charge is 0.162 e. The van der Waals surface area contributed by atoms with Gasteiger partial charge in [0.2, 0.25) is 0 Å². The number of nitrogens with one attached hydrogen (secondary N) is 1. The molecule has 1 saturated heterocycles. The highest BCUT2D eigenvalue weighted by molar-refractivity contribution is 5.99. The van der Waals surface area contributed by atoms with Gasteiger partial charge in [-0.05, 0) is 36.2 Å². The molecule has 0 aliphatic carbocycles. The largest absolute Gasteiger partial charge is 0.314 e. The molecule has 3 heteroatoms. The van der Waals surface area contributed by atoms with Crippen molar-refractivity contribution in [2.24, 2.45) is 0 Å². The van der Waals surface area contributed by atoms with Crippen LogP contribution in [0.4, 0.5) is 0 Å². The number of hydrogen-bond donors (Lipinski definition) is 1. The number of carbonyl (C=O) groups is 1. The standard InChI is InChI=1S/C19H24N2O/c22-19(7-3-4-12-21-13-10-20-11-14-21)18-9-8-16-5-1-2-6-17(16)15-18/h1-2,5-6,8-9,15,20H,3-4,7,10-14H2. The number of Topliss-reactive ketones (excluding diaryl/α,β-unsaturated/α-hetero) is 1. The minimum Gasteiger partial charge on any atom is -0.314 e. The van der Waals surface area contributed by atoms with Crippen molar-refractivity contribution >= 4 is 16.6 Å². The Morgan fingerprint density at radius 1 is 1.00 bits per heavy atom. The van der Waals surface area contributed by atoms with Crippen molar-refractivity contribution in [3.8, 4) is 0 Å². The summed E-state index contributed by atoms with van der Waals surface area (Å²) in [5, 5.41) is 5.70. The summed E-state index contributed by atoms with van der Waals surface area (Å²) in [5.41, 5.74) is 0.848. The van der Waals surface area contributed by atoms with Crippen LogP contribution in [-0.2, 0) is 0 Å². The lowest BCUT2D eigenvalue weighted by molar-refractivity contribution is 0.0977. The van der Waals surface area contributed by atoms with Crippen LogP contribution >= 0.6 is 0 Å².